The number of carbonyl (C=O) groups is 1. The van der Waals surface area contributed by atoms with Crippen LogP contribution in [0.25, 0.3) is 0 Å². The van der Waals surface area contributed by atoms with Gasteiger partial charge < -0.3 is 14.6 Å². The van der Waals surface area contributed by atoms with Crippen LogP contribution in [0, 0.1) is 5.92 Å². The monoisotopic (exact) mass is 330 g/mol. The fourth-order valence-corrected chi connectivity index (χ4v) is 3.49. The minimum absolute atomic E-state index is 0.107. The molecule has 1 saturated heterocycles. The maximum Gasteiger partial charge on any atom is 0.223 e. The summed E-state index contributed by atoms with van der Waals surface area (Å²) in [7, 11) is 3.80. The standard InChI is InChI=1S/C18H26N4O2/c1-13(6-7-16-5-4-8-24-16)19-10-14-9-17(23)22(3)18(14)15-11-20-21(2)12-15/h4-5,8,11-14,18-19H,6-7,9-10H2,1-3H3/t13-,14-,18+/m0/s1. The molecule has 6 heteroatoms. The van der Waals surface area contributed by atoms with Crippen LogP contribution in [0.4, 0.5) is 0 Å². The summed E-state index contributed by atoms with van der Waals surface area (Å²) in [6.45, 7) is 3.01. The zero-order chi connectivity index (χ0) is 17.1. The van der Waals surface area contributed by atoms with E-state index in [1.807, 2.05) is 43.5 Å². The highest BCUT2D eigenvalue weighted by Gasteiger charge is 2.38. The number of amides is 1. The molecule has 1 amide bonds. The Morgan fingerprint density at radius 3 is 2.96 bits per heavy atom. The Kier molecular flexibility index (Phi) is 5.04. The van der Waals surface area contributed by atoms with E-state index < -0.39 is 0 Å². The molecule has 1 aliphatic heterocycles. The molecular formula is C18H26N4O2. The van der Waals surface area contributed by atoms with E-state index in [9.17, 15) is 4.79 Å². The SMILES string of the molecule is C[C@@H](CCc1ccco1)NC[C@@H]1CC(=O)N(C)[C@H]1c1cnn(C)c1. The Labute approximate surface area is 142 Å². The second-order valence-electron chi connectivity index (χ2n) is 6.79. The Balaban J connectivity index is 1.55. The number of nitrogens with one attached hydrogen (secondary N) is 1. The molecule has 24 heavy (non-hydrogen) atoms. The van der Waals surface area contributed by atoms with Crippen molar-refractivity contribution in [3.63, 3.8) is 0 Å². The van der Waals surface area contributed by atoms with Crippen LogP contribution in [0.15, 0.2) is 35.2 Å². The zero-order valence-corrected chi connectivity index (χ0v) is 14.6. The predicted octanol–water partition coefficient (Wildman–Crippen LogP) is 2.14. The van der Waals surface area contributed by atoms with Gasteiger partial charge in [-0.25, -0.2) is 0 Å². The first-order chi connectivity index (χ1) is 11.5. The molecule has 2 aromatic heterocycles. The molecule has 130 valence electrons. The average molecular weight is 330 g/mol. The Bertz CT molecular complexity index is 664. The van der Waals surface area contributed by atoms with Gasteiger partial charge in [-0.05, 0) is 25.5 Å². The smallest absolute Gasteiger partial charge is 0.223 e. The molecule has 0 saturated carbocycles. The van der Waals surface area contributed by atoms with Crippen molar-refractivity contribution in [2.75, 3.05) is 13.6 Å². The predicted molar refractivity (Wildman–Crippen MR) is 91.3 cm³/mol. The Morgan fingerprint density at radius 1 is 1.46 bits per heavy atom. The molecular weight excluding hydrogens is 304 g/mol. The molecule has 3 rings (SSSR count). The lowest BCUT2D eigenvalue weighted by Crippen LogP contribution is -2.34. The van der Waals surface area contributed by atoms with Crippen molar-refractivity contribution >= 4 is 5.91 Å². The van der Waals surface area contributed by atoms with Gasteiger partial charge in [-0.15, -0.1) is 0 Å². The molecule has 1 aliphatic rings. The molecule has 3 heterocycles. The summed E-state index contributed by atoms with van der Waals surface area (Å²) in [4.78, 5) is 14.0. The van der Waals surface area contributed by atoms with Gasteiger partial charge in [0.2, 0.25) is 5.91 Å². The van der Waals surface area contributed by atoms with E-state index in [0.717, 1.165) is 30.7 Å². The number of hydrogen-bond acceptors (Lipinski definition) is 4. The molecule has 0 radical (unpaired) electrons. The van der Waals surface area contributed by atoms with Crippen LogP contribution < -0.4 is 5.32 Å². The molecule has 0 spiro atoms. The zero-order valence-electron chi connectivity index (χ0n) is 14.6. The lowest BCUT2D eigenvalue weighted by molar-refractivity contribution is -0.127. The van der Waals surface area contributed by atoms with E-state index in [-0.39, 0.29) is 17.9 Å². The van der Waals surface area contributed by atoms with Crippen LogP contribution in [0.3, 0.4) is 0 Å². The topological polar surface area (TPSA) is 63.3 Å². The number of likely N-dealkylation sites (tertiary alicyclic amines) is 1. The molecule has 0 aromatic carbocycles. The second kappa shape index (κ2) is 7.21. The quantitative estimate of drug-likeness (QED) is 0.845. The summed E-state index contributed by atoms with van der Waals surface area (Å²) in [6, 6.07) is 4.42. The van der Waals surface area contributed by atoms with Crippen molar-refractivity contribution in [3.05, 3.63) is 42.1 Å². The van der Waals surface area contributed by atoms with E-state index in [1.165, 1.54) is 0 Å². The number of carbonyl (C=O) groups excluding carboxylic acids is 1. The van der Waals surface area contributed by atoms with Crippen molar-refractivity contribution in [1.82, 2.24) is 20.0 Å². The highest BCUT2D eigenvalue weighted by atomic mass is 16.3. The molecule has 6 nitrogen and oxygen atoms in total. The molecule has 1 fully saturated rings. The molecule has 2 aromatic rings. The van der Waals surface area contributed by atoms with Crippen molar-refractivity contribution in [1.29, 1.82) is 0 Å². The first-order valence-electron chi connectivity index (χ1n) is 8.54. The third kappa shape index (κ3) is 3.70. The summed E-state index contributed by atoms with van der Waals surface area (Å²) in [5, 5.41) is 7.84. The number of aromatic nitrogens is 2. The van der Waals surface area contributed by atoms with Crippen LogP contribution in [0.5, 0.6) is 0 Å². The van der Waals surface area contributed by atoms with Crippen LogP contribution in [-0.4, -0.2) is 40.2 Å². The van der Waals surface area contributed by atoms with Gasteiger partial charge in [0.05, 0.1) is 18.5 Å². The summed E-state index contributed by atoms with van der Waals surface area (Å²) in [6.07, 6.45) is 8.12. The lowest BCUT2D eigenvalue weighted by atomic mass is 9.95. The summed E-state index contributed by atoms with van der Waals surface area (Å²) < 4.78 is 7.17. The molecule has 3 atom stereocenters. The van der Waals surface area contributed by atoms with E-state index in [4.69, 9.17) is 4.42 Å². The summed E-state index contributed by atoms with van der Waals surface area (Å²) in [5.41, 5.74) is 1.11. The van der Waals surface area contributed by atoms with Crippen LogP contribution in [0.1, 0.15) is 37.1 Å². The average Bonchev–Trinajstić information content (AvgIpc) is 3.26. The van der Waals surface area contributed by atoms with Gasteiger partial charge in [0, 0.05) is 57.2 Å². The molecule has 1 N–H and O–H groups in total. The van der Waals surface area contributed by atoms with Crippen molar-refractivity contribution in [2.45, 2.75) is 38.3 Å². The minimum Gasteiger partial charge on any atom is -0.469 e. The van der Waals surface area contributed by atoms with Gasteiger partial charge in [0.25, 0.3) is 0 Å². The minimum atomic E-state index is 0.107. The van der Waals surface area contributed by atoms with E-state index in [0.29, 0.717) is 12.5 Å². The molecule has 0 aliphatic carbocycles. The highest BCUT2D eigenvalue weighted by molar-refractivity contribution is 5.79. The maximum absolute atomic E-state index is 12.2. The van der Waals surface area contributed by atoms with Crippen molar-refractivity contribution in [2.24, 2.45) is 13.0 Å². The largest absolute Gasteiger partial charge is 0.469 e. The van der Waals surface area contributed by atoms with Crippen LogP contribution in [-0.2, 0) is 18.3 Å². The van der Waals surface area contributed by atoms with Crippen LogP contribution >= 0.6 is 0 Å². The first kappa shape index (κ1) is 16.8. The number of furan rings is 1. The lowest BCUT2D eigenvalue weighted by Gasteiger charge is -2.25. The van der Waals surface area contributed by atoms with Gasteiger partial charge in [-0.2, -0.15) is 5.10 Å². The number of hydrogen-bond donors (Lipinski definition) is 1. The Morgan fingerprint density at radius 2 is 2.29 bits per heavy atom. The van der Waals surface area contributed by atoms with Gasteiger partial charge in [-0.1, -0.05) is 0 Å². The van der Waals surface area contributed by atoms with Crippen molar-refractivity contribution in [3.8, 4) is 0 Å². The van der Waals surface area contributed by atoms with E-state index in [2.05, 4.69) is 17.3 Å². The fourth-order valence-electron chi connectivity index (χ4n) is 3.49. The van der Waals surface area contributed by atoms with Gasteiger partial charge in [-0.3, -0.25) is 9.48 Å². The summed E-state index contributed by atoms with van der Waals surface area (Å²) >= 11 is 0. The van der Waals surface area contributed by atoms with E-state index in [1.54, 1.807) is 10.9 Å². The van der Waals surface area contributed by atoms with E-state index >= 15 is 0 Å². The molecule has 0 bridgehead atoms. The molecule has 0 unspecified atom stereocenters. The number of aryl methyl sites for hydroxylation is 2. The van der Waals surface area contributed by atoms with Gasteiger partial charge in [0.1, 0.15) is 5.76 Å². The summed E-state index contributed by atoms with van der Waals surface area (Å²) in [5.74, 6) is 1.50. The Hall–Kier alpha value is -2.08. The normalized spacial score (nSPS) is 22.3. The number of nitrogens with zero attached hydrogens (tertiary/aromatic N) is 3. The maximum atomic E-state index is 12.2. The van der Waals surface area contributed by atoms with Gasteiger partial charge in [0.15, 0.2) is 0 Å². The van der Waals surface area contributed by atoms with Crippen LogP contribution in [0.2, 0.25) is 0 Å². The highest BCUT2D eigenvalue weighted by Crippen LogP contribution is 2.36. The first-order valence-corrected chi connectivity index (χ1v) is 8.54. The third-order valence-electron chi connectivity index (χ3n) is 4.89. The second-order valence-corrected chi connectivity index (χ2v) is 6.79. The third-order valence-corrected chi connectivity index (χ3v) is 4.89. The van der Waals surface area contributed by atoms with Gasteiger partial charge >= 0.3 is 0 Å². The number of rotatable bonds is 7. The van der Waals surface area contributed by atoms with Crippen molar-refractivity contribution < 1.29 is 9.21 Å². The fraction of sp³-hybridized carbons (Fsp3) is 0.556.